The number of aryl methyl sites for hydroxylation is 1. The summed E-state index contributed by atoms with van der Waals surface area (Å²) in [5.74, 6) is -0.105. The Labute approximate surface area is 126 Å². The van der Waals surface area contributed by atoms with Gasteiger partial charge in [-0.3, -0.25) is 4.79 Å². The minimum Gasteiger partial charge on any atom is -0.387 e. The van der Waals surface area contributed by atoms with E-state index in [0.29, 0.717) is 5.56 Å². The molecule has 0 unspecified atom stereocenters. The molecule has 0 aliphatic heterocycles. The lowest BCUT2D eigenvalue weighted by atomic mass is 10.1. The van der Waals surface area contributed by atoms with Crippen molar-refractivity contribution in [1.29, 1.82) is 0 Å². The molecule has 0 fully saturated rings. The van der Waals surface area contributed by atoms with E-state index in [1.54, 1.807) is 0 Å². The monoisotopic (exact) mass is 366 g/mol. The number of hydrogen-bond acceptors (Lipinski definition) is 2. The number of halogens is 1. The highest BCUT2D eigenvalue weighted by Crippen LogP contribution is 2.19. The number of carbonyl (C=O) groups is 1. The molecule has 4 heteroatoms. The highest BCUT2D eigenvalue weighted by molar-refractivity contribution is 14.1. The Morgan fingerprint density at radius 2 is 1.95 bits per heavy atom. The molecule has 0 atom stereocenters. The number of rotatable bonds is 3. The summed E-state index contributed by atoms with van der Waals surface area (Å²) in [5.41, 5.74) is 3.41. The van der Waals surface area contributed by atoms with Crippen molar-refractivity contribution in [2.75, 3.05) is 17.7 Å². The highest BCUT2D eigenvalue weighted by Gasteiger charge is 2.11. The van der Waals surface area contributed by atoms with Crippen LogP contribution in [-0.2, 0) is 0 Å². The van der Waals surface area contributed by atoms with Crippen LogP contribution < -0.4 is 10.6 Å². The third-order valence-electron chi connectivity index (χ3n) is 2.77. The van der Waals surface area contributed by atoms with Gasteiger partial charge in [0, 0.05) is 22.0 Å². The normalized spacial score (nSPS) is 10.1. The zero-order valence-corrected chi connectivity index (χ0v) is 13.0. The van der Waals surface area contributed by atoms with Crippen molar-refractivity contribution in [1.82, 2.24) is 0 Å². The largest absolute Gasteiger partial charge is 0.387 e. The molecule has 0 bridgehead atoms. The molecule has 0 aromatic heterocycles. The van der Waals surface area contributed by atoms with Crippen molar-refractivity contribution in [3.8, 4) is 0 Å². The second-order valence-corrected chi connectivity index (χ2v) is 5.51. The topological polar surface area (TPSA) is 41.1 Å². The van der Waals surface area contributed by atoms with Crippen molar-refractivity contribution in [3.05, 3.63) is 57.2 Å². The fraction of sp³-hybridized carbons (Fsp3) is 0.133. The summed E-state index contributed by atoms with van der Waals surface area (Å²) in [4.78, 5) is 12.3. The molecule has 2 N–H and O–H groups in total. The molecule has 19 heavy (non-hydrogen) atoms. The second-order valence-electron chi connectivity index (χ2n) is 4.26. The smallest absolute Gasteiger partial charge is 0.257 e. The number of anilines is 2. The Morgan fingerprint density at radius 3 is 2.63 bits per heavy atom. The van der Waals surface area contributed by atoms with Crippen LogP contribution >= 0.6 is 22.6 Å². The maximum absolute atomic E-state index is 12.3. The molecule has 1 amide bonds. The van der Waals surface area contributed by atoms with Gasteiger partial charge in [-0.15, -0.1) is 0 Å². The van der Waals surface area contributed by atoms with E-state index < -0.39 is 0 Å². The molecule has 0 spiro atoms. The van der Waals surface area contributed by atoms with E-state index in [9.17, 15) is 4.79 Å². The quantitative estimate of drug-likeness (QED) is 0.810. The van der Waals surface area contributed by atoms with Crippen LogP contribution in [0.2, 0.25) is 0 Å². The van der Waals surface area contributed by atoms with Crippen molar-refractivity contribution < 1.29 is 4.79 Å². The average Bonchev–Trinajstić information content (AvgIpc) is 2.38. The second kappa shape index (κ2) is 6.06. The van der Waals surface area contributed by atoms with E-state index in [1.807, 2.05) is 56.4 Å². The van der Waals surface area contributed by atoms with Crippen LogP contribution in [0.4, 0.5) is 11.4 Å². The van der Waals surface area contributed by atoms with Gasteiger partial charge in [-0.05, 0) is 65.4 Å². The van der Waals surface area contributed by atoms with E-state index >= 15 is 0 Å². The predicted molar refractivity (Wildman–Crippen MR) is 87.8 cm³/mol. The van der Waals surface area contributed by atoms with Gasteiger partial charge in [0.1, 0.15) is 0 Å². The van der Waals surface area contributed by atoms with Gasteiger partial charge in [0.05, 0.1) is 5.56 Å². The van der Waals surface area contributed by atoms with Gasteiger partial charge in [-0.25, -0.2) is 0 Å². The van der Waals surface area contributed by atoms with Gasteiger partial charge in [0.25, 0.3) is 5.91 Å². The van der Waals surface area contributed by atoms with Crippen molar-refractivity contribution in [2.24, 2.45) is 0 Å². The van der Waals surface area contributed by atoms with Gasteiger partial charge < -0.3 is 10.6 Å². The summed E-state index contributed by atoms with van der Waals surface area (Å²) in [6, 6.07) is 13.5. The fourth-order valence-electron chi connectivity index (χ4n) is 1.83. The number of nitrogens with one attached hydrogen (secondary N) is 2. The molecule has 0 heterocycles. The van der Waals surface area contributed by atoms with E-state index in [1.165, 1.54) is 0 Å². The van der Waals surface area contributed by atoms with Gasteiger partial charge in [0.15, 0.2) is 0 Å². The number of hydrogen-bond donors (Lipinski definition) is 2. The molecule has 0 aliphatic carbocycles. The third kappa shape index (κ3) is 3.47. The van der Waals surface area contributed by atoms with E-state index in [0.717, 1.165) is 20.5 Å². The Bertz CT molecular complexity index is 611. The first-order valence-electron chi connectivity index (χ1n) is 5.95. The van der Waals surface area contributed by atoms with Crippen molar-refractivity contribution in [2.45, 2.75) is 6.92 Å². The molecule has 0 radical (unpaired) electrons. The van der Waals surface area contributed by atoms with Gasteiger partial charge in [-0.1, -0.05) is 12.1 Å². The van der Waals surface area contributed by atoms with Crippen LogP contribution in [0.15, 0.2) is 42.5 Å². The summed E-state index contributed by atoms with van der Waals surface area (Å²) >= 11 is 2.22. The fourth-order valence-corrected chi connectivity index (χ4v) is 2.37. The number of amides is 1. The summed E-state index contributed by atoms with van der Waals surface area (Å²) in [6.45, 7) is 2.00. The molecule has 0 saturated heterocycles. The Kier molecular flexibility index (Phi) is 4.42. The maximum atomic E-state index is 12.3. The lowest BCUT2D eigenvalue weighted by molar-refractivity contribution is 0.102. The summed E-state index contributed by atoms with van der Waals surface area (Å²) < 4.78 is 1.09. The SMILES string of the molecule is CNc1cc(C)ccc1C(=O)Nc1cccc(I)c1. The van der Waals surface area contributed by atoms with Crippen molar-refractivity contribution >= 4 is 39.9 Å². The van der Waals surface area contributed by atoms with Crippen LogP contribution in [-0.4, -0.2) is 13.0 Å². The molecule has 2 aromatic rings. The summed E-state index contributed by atoms with van der Waals surface area (Å²) in [5, 5.41) is 5.96. The molecular weight excluding hydrogens is 351 g/mol. The van der Waals surface area contributed by atoms with Crippen LogP contribution in [0.3, 0.4) is 0 Å². The molecular formula is C15H15IN2O. The lowest BCUT2D eigenvalue weighted by Gasteiger charge is -2.11. The Balaban J connectivity index is 2.25. The number of benzene rings is 2. The maximum Gasteiger partial charge on any atom is 0.257 e. The predicted octanol–water partition coefficient (Wildman–Crippen LogP) is 3.89. The first-order valence-corrected chi connectivity index (χ1v) is 7.03. The first-order chi connectivity index (χ1) is 9.10. The summed E-state index contributed by atoms with van der Waals surface area (Å²) in [7, 11) is 1.82. The standard InChI is InChI=1S/C15H15IN2O/c1-10-6-7-13(14(8-10)17-2)15(19)18-12-5-3-4-11(16)9-12/h3-9,17H,1-2H3,(H,18,19). The minimum atomic E-state index is -0.105. The van der Waals surface area contributed by atoms with Crippen molar-refractivity contribution in [3.63, 3.8) is 0 Å². The number of carbonyl (C=O) groups excluding carboxylic acids is 1. The molecule has 2 rings (SSSR count). The Morgan fingerprint density at radius 1 is 1.16 bits per heavy atom. The highest BCUT2D eigenvalue weighted by atomic mass is 127. The zero-order chi connectivity index (χ0) is 13.8. The Hall–Kier alpha value is -1.56. The zero-order valence-electron chi connectivity index (χ0n) is 10.8. The first kappa shape index (κ1) is 13.9. The lowest BCUT2D eigenvalue weighted by Crippen LogP contribution is -2.14. The van der Waals surface area contributed by atoms with Crippen LogP contribution in [0.1, 0.15) is 15.9 Å². The van der Waals surface area contributed by atoms with Gasteiger partial charge >= 0.3 is 0 Å². The van der Waals surface area contributed by atoms with Crippen LogP contribution in [0.5, 0.6) is 0 Å². The van der Waals surface area contributed by atoms with E-state index in [-0.39, 0.29) is 5.91 Å². The minimum absolute atomic E-state index is 0.105. The average molecular weight is 366 g/mol. The molecule has 0 aliphatic rings. The molecule has 3 nitrogen and oxygen atoms in total. The van der Waals surface area contributed by atoms with Crippen LogP contribution in [0.25, 0.3) is 0 Å². The third-order valence-corrected chi connectivity index (χ3v) is 3.44. The van der Waals surface area contributed by atoms with Gasteiger partial charge in [-0.2, -0.15) is 0 Å². The molecule has 98 valence electrons. The summed E-state index contributed by atoms with van der Waals surface area (Å²) in [6.07, 6.45) is 0. The molecule has 2 aromatic carbocycles. The van der Waals surface area contributed by atoms with E-state index in [2.05, 4.69) is 33.2 Å². The molecule has 0 saturated carbocycles. The van der Waals surface area contributed by atoms with Crippen LogP contribution in [0, 0.1) is 10.5 Å². The van der Waals surface area contributed by atoms with Gasteiger partial charge in [0.2, 0.25) is 0 Å². The van der Waals surface area contributed by atoms with E-state index in [4.69, 9.17) is 0 Å².